The van der Waals surface area contributed by atoms with Crippen LogP contribution in [0, 0.1) is 11.3 Å². The van der Waals surface area contributed by atoms with E-state index in [-0.39, 0.29) is 6.61 Å². The van der Waals surface area contributed by atoms with Gasteiger partial charge in [-0.3, -0.25) is 4.79 Å². The van der Waals surface area contributed by atoms with Crippen LogP contribution in [0.4, 0.5) is 0 Å². The van der Waals surface area contributed by atoms with E-state index in [1.54, 1.807) is 72.8 Å². The molecule has 0 spiro atoms. The van der Waals surface area contributed by atoms with E-state index in [0.717, 1.165) is 5.56 Å². The third kappa shape index (κ3) is 5.89. The van der Waals surface area contributed by atoms with Gasteiger partial charge in [0.25, 0.3) is 5.91 Å². The SMILES string of the molecule is N#Cc1ccccc1COc1c(Cl)cc(/C=N/NC(=O)C(O)(c2ccccc2)c2ccccc2)cc1Br. The zero-order valence-electron chi connectivity index (χ0n) is 19.4. The summed E-state index contributed by atoms with van der Waals surface area (Å²) in [4.78, 5) is 13.2. The molecule has 37 heavy (non-hydrogen) atoms. The van der Waals surface area contributed by atoms with Crippen LogP contribution in [0.15, 0.2) is 107 Å². The second-order valence-electron chi connectivity index (χ2n) is 8.01. The van der Waals surface area contributed by atoms with Gasteiger partial charge in [-0.1, -0.05) is 90.5 Å². The van der Waals surface area contributed by atoms with Gasteiger partial charge in [0.1, 0.15) is 6.61 Å². The molecule has 0 aromatic heterocycles. The molecule has 184 valence electrons. The number of carbonyl (C=O) groups excluding carboxylic acids is 1. The quantitative estimate of drug-likeness (QED) is 0.201. The highest BCUT2D eigenvalue weighted by molar-refractivity contribution is 9.10. The van der Waals surface area contributed by atoms with Crippen LogP contribution < -0.4 is 10.2 Å². The summed E-state index contributed by atoms with van der Waals surface area (Å²) in [5, 5.41) is 25.1. The number of nitrogens with one attached hydrogen (secondary N) is 1. The molecule has 0 fully saturated rings. The number of hydrogen-bond donors (Lipinski definition) is 2. The Hall–Kier alpha value is -3.96. The van der Waals surface area contributed by atoms with Gasteiger partial charge in [-0.05, 0) is 50.8 Å². The first-order valence-electron chi connectivity index (χ1n) is 11.2. The summed E-state index contributed by atoms with van der Waals surface area (Å²) >= 11 is 9.90. The number of ether oxygens (including phenoxy) is 1. The van der Waals surface area contributed by atoms with E-state index in [4.69, 9.17) is 16.3 Å². The van der Waals surface area contributed by atoms with Gasteiger partial charge in [-0.25, -0.2) is 5.43 Å². The Morgan fingerprint density at radius 1 is 1.03 bits per heavy atom. The van der Waals surface area contributed by atoms with Crippen LogP contribution in [-0.4, -0.2) is 17.2 Å². The van der Waals surface area contributed by atoms with Crippen LogP contribution in [0.25, 0.3) is 0 Å². The minimum Gasteiger partial charge on any atom is -0.486 e. The summed E-state index contributed by atoms with van der Waals surface area (Å²) < 4.78 is 6.44. The van der Waals surface area contributed by atoms with Crippen molar-refractivity contribution in [2.24, 2.45) is 5.10 Å². The molecule has 0 atom stereocenters. The molecular weight excluding hydrogens is 554 g/mol. The molecule has 0 heterocycles. The van der Waals surface area contributed by atoms with Crippen molar-refractivity contribution in [2.45, 2.75) is 12.2 Å². The van der Waals surface area contributed by atoms with Crippen LogP contribution in [0.2, 0.25) is 5.02 Å². The summed E-state index contributed by atoms with van der Waals surface area (Å²) in [5.41, 5.74) is 3.20. The minimum absolute atomic E-state index is 0.170. The van der Waals surface area contributed by atoms with Crippen LogP contribution in [0.5, 0.6) is 5.75 Å². The number of halogens is 2. The monoisotopic (exact) mass is 573 g/mol. The molecule has 4 aromatic carbocycles. The first kappa shape index (κ1) is 26.1. The van der Waals surface area contributed by atoms with Crippen LogP contribution in [0.1, 0.15) is 27.8 Å². The molecule has 0 saturated carbocycles. The maximum absolute atomic E-state index is 13.2. The molecule has 4 aromatic rings. The van der Waals surface area contributed by atoms with E-state index in [2.05, 4.69) is 32.5 Å². The number of hydrazone groups is 1. The van der Waals surface area contributed by atoms with E-state index < -0.39 is 11.5 Å². The van der Waals surface area contributed by atoms with Gasteiger partial charge in [-0.2, -0.15) is 10.4 Å². The van der Waals surface area contributed by atoms with Crippen molar-refractivity contribution in [1.29, 1.82) is 5.26 Å². The first-order valence-corrected chi connectivity index (χ1v) is 12.4. The molecule has 1 amide bonds. The average Bonchev–Trinajstić information content (AvgIpc) is 2.93. The van der Waals surface area contributed by atoms with Crippen LogP contribution in [0.3, 0.4) is 0 Å². The number of carbonyl (C=O) groups is 1. The number of hydrogen-bond acceptors (Lipinski definition) is 5. The maximum Gasteiger partial charge on any atom is 0.281 e. The van der Waals surface area contributed by atoms with Gasteiger partial charge in [0.05, 0.1) is 27.3 Å². The second kappa shape index (κ2) is 11.8. The zero-order valence-corrected chi connectivity index (χ0v) is 21.8. The second-order valence-corrected chi connectivity index (χ2v) is 9.27. The number of amides is 1. The van der Waals surface area contributed by atoms with Gasteiger partial charge in [-0.15, -0.1) is 0 Å². The van der Waals surface area contributed by atoms with Crippen molar-refractivity contribution in [1.82, 2.24) is 5.43 Å². The maximum atomic E-state index is 13.2. The lowest BCUT2D eigenvalue weighted by molar-refractivity contribution is -0.136. The molecule has 0 radical (unpaired) electrons. The fourth-order valence-electron chi connectivity index (χ4n) is 3.73. The van der Waals surface area contributed by atoms with Crippen molar-refractivity contribution in [3.8, 4) is 11.8 Å². The fraction of sp³-hybridized carbons (Fsp3) is 0.0690. The molecule has 4 rings (SSSR count). The summed E-state index contributed by atoms with van der Waals surface area (Å²) in [6.07, 6.45) is 1.42. The fourth-order valence-corrected chi connectivity index (χ4v) is 4.72. The lowest BCUT2D eigenvalue weighted by atomic mass is 9.85. The molecule has 2 N–H and O–H groups in total. The normalized spacial score (nSPS) is 11.2. The molecular formula is C29H21BrClN3O3. The Morgan fingerprint density at radius 2 is 1.62 bits per heavy atom. The summed E-state index contributed by atoms with van der Waals surface area (Å²) in [6, 6.07) is 30.0. The van der Waals surface area contributed by atoms with E-state index in [9.17, 15) is 15.2 Å². The van der Waals surface area contributed by atoms with E-state index in [1.165, 1.54) is 6.21 Å². The molecule has 8 heteroatoms. The summed E-state index contributed by atoms with van der Waals surface area (Å²) in [5.74, 6) is -0.291. The van der Waals surface area contributed by atoms with Gasteiger partial charge in [0.2, 0.25) is 0 Å². The van der Waals surface area contributed by atoms with E-state index >= 15 is 0 Å². The van der Waals surface area contributed by atoms with Crippen LogP contribution in [-0.2, 0) is 17.0 Å². The molecule has 0 unspecified atom stereocenters. The Kier molecular flexibility index (Phi) is 8.36. The molecule has 6 nitrogen and oxygen atoms in total. The zero-order chi connectivity index (χ0) is 26.3. The minimum atomic E-state index is -1.94. The lowest BCUT2D eigenvalue weighted by Gasteiger charge is -2.27. The number of benzene rings is 4. The van der Waals surface area contributed by atoms with Crippen molar-refractivity contribution >= 4 is 39.7 Å². The molecule has 0 aliphatic heterocycles. The molecule has 0 aliphatic carbocycles. The third-order valence-corrected chi connectivity index (χ3v) is 6.49. The molecule has 0 saturated heterocycles. The van der Waals surface area contributed by atoms with Crippen LogP contribution >= 0.6 is 27.5 Å². The largest absolute Gasteiger partial charge is 0.486 e. The van der Waals surface area contributed by atoms with Gasteiger partial charge >= 0.3 is 0 Å². The number of nitriles is 1. The van der Waals surface area contributed by atoms with Crippen molar-refractivity contribution in [2.75, 3.05) is 0 Å². The lowest BCUT2D eigenvalue weighted by Crippen LogP contribution is -2.43. The highest BCUT2D eigenvalue weighted by Gasteiger charge is 2.39. The topological polar surface area (TPSA) is 94.7 Å². The average molecular weight is 575 g/mol. The summed E-state index contributed by atoms with van der Waals surface area (Å²) in [7, 11) is 0. The van der Waals surface area contributed by atoms with Crippen molar-refractivity contribution in [3.05, 3.63) is 134 Å². The first-order chi connectivity index (χ1) is 17.9. The number of aliphatic hydroxyl groups is 1. The smallest absolute Gasteiger partial charge is 0.281 e. The van der Waals surface area contributed by atoms with Gasteiger partial charge < -0.3 is 9.84 Å². The van der Waals surface area contributed by atoms with Crippen molar-refractivity contribution in [3.63, 3.8) is 0 Å². The Morgan fingerprint density at radius 3 is 2.22 bits per heavy atom. The predicted molar refractivity (Wildman–Crippen MR) is 146 cm³/mol. The van der Waals surface area contributed by atoms with E-state index in [0.29, 0.717) is 37.5 Å². The highest BCUT2D eigenvalue weighted by Crippen LogP contribution is 2.35. The summed E-state index contributed by atoms with van der Waals surface area (Å²) in [6.45, 7) is 0.170. The Balaban J connectivity index is 1.50. The Bertz CT molecular complexity index is 1410. The molecule has 0 bridgehead atoms. The standard InChI is InChI=1S/C29H21BrClN3O3/c30-25-15-20(16-26(31)27(25)37-19-22-10-8-7-9-21(22)17-32)18-33-34-28(35)29(36,23-11-3-1-4-12-23)24-13-5-2-6-14-24/h1-16,18,36H,19H2,(H,34,35)/b33-18+. The van der Waals surface area contributed by atoms with E-state index in [1.807, 2.05) is 24.3 Å². The third-order valence-electron chi connectivity index (χ3n) is 5.62. The van der Waals surface area contributed by atoms with Gasteiger partial charge in [0, 0.05) is 5.56 Å². The highest BCUT2D eigenvalue weighted by atomic mass is 79.9. The number of rotatable bonds is 8. The Labute approximate surface area is 227 Å². The predicted octanol–water partition coefficient (Wildman–Crippen LogP) is 5.94. The molecule has 0 aliphatic rings. The van der Waals surface area contributed by atoms with Gasteiger partial charge in [0.15, 0.2) is 11.4 Å². The van der Waals surface area contributed by atoms with Crippen molar-refractivity contribution < 1.29 is 14.6 Å². The number of nitrogens with zero attached hydrogens (tertiary/aromatic N) is 2.